The number of hydrogen-bond acceptors (Lipinski definition) is 4. The van der Waals surface area contributed by atoms with Crippen LogP contribution in [-0.4, -0.2) is 30.7 Å². The molecular formula is C16H24N2O3. The largest absolute Gasteiger partial charge is 0.506 e. The maximum absolute atomic E-state index is 12.3. The summed E-state index contributed by atoms with van der Waals surface area (Å²) in [6.07, 6.45) is 5.99. The lowest BCUT2D eigenvalue weighted by Gasteiger charge is -2.36. The van der Waals surface area contributed by atoms with Gasteiger partial charge in [0.2, 0.25) is 5.91 Å². The van der Waals surface area contributed by atoms with Gasteiger partial charge in [0.15, 0.2) is 0 Å². The molecule has 0 heterocycles. The van der Waals surface area contributed by atoms with Gasteiger partial charge in [-0.3, -0.25) is 4.79 Å². The highest BCUT2D eigenvalue weighted by Gasteiger charge is 2.32. The summed E-state index contributed by atoms with van der Waals surface area (Å²) in [7, 11) is 3.47. The summed E-state index contributed by atoms with van der Waals surface area (Å²) in [5.41, 5.74) is 0.276. The average Bonchev–Trinajstić information content (AvgIpc) is 2.50. The fraction of sp³-hybridized carbons (Fsp3) is 0.562. The number of rotatable bonds is 5. The van der Waals surface area contributed by atoms with Crippen LogP contribution in [0.3, 0.4) is 0 Å². The summed E-state index contributed by atoms with van der Waals surface area (Å²) in [5.74, 6) is 0.560. The lowest BCUT2D eigenvalue weighted by atomic mass is 9.79. The summed E-state index contributed by atoms with van der Waals surface area (Å²) >= 11 is 0. The Morgan fingerprint density at radius 1 is 1.33 bits per heavy atom. The van der Waals surface area contributed by atoms with Gasteiger partial charge in [-0.05, 0) is 32.0 Å². The van der Waals surface area contributed by atoms with Crippen LogP contribution in [0.2, 0.25) is 0 Å². The molecule has 5 nitrogen and oxygen atoms in total. The zero-order chi connectivity index (χ0) is 15.3. The highest BCUT2D eigenvalue weighted by molar-refractivity contribution is 5.93. The van der Waals surface area contributed by atoms with E-state index >= 15 is 0 Å². The number of anilines is 1. The summed E-state index contributed by atoms with van der Waals surface area (Å²) in [6.45, 7) is 0. The van der Waals surface area contributed by atoms with Gasteiger partial charge < -0.3 is 20.5 Å². The molecule has 1 aliphatic rings. The van der Waals surface area contributed by atoms with Crippen LogP contribution in [0.5, 0.6) is 11.5 Å². The van der Waals surface area contributed by atoms with E-state index in [-0.39, 0.29) is 17.2 Å². The van der Waals surface area contributed by atoms with E-state index in [1.54, 1.807) is 19.2 Å². The first-order chi connectivity index (χ1) is 10.1. The number of methoxy groups -OCH3 is 1. The summed E-state index contributed by atoms with van der Waals surface area (Å²) in [4.78, 5) is 12.3. The van der Waals surface area contributed by atoms with Gasteiger partial charge in [-0.1, -0.05) is 19.3 Å². The molecule has 2 rings (SSSR count). The van der Waals surface area contributed by atoms with E-state index < -0.39 is 0 Å². The maximum atomic E-state index is 12.3. The Hall–Kier alpha value is -1.75. The van der Waals surface area contributed by atoms with Gasteiger partial charge in [-0.25, -0.2) is 0 Å². The second kappa shape index (κ2) is 6.80. The van der Waals surface area contributed by atoms with Gasteiger partial charge in [0.25, 0.3) is 0 Å². The van der Waals surface area contributed by atoms with Crippen LogP contribution in [0.1, 0.15) is 38.5 Å². The molecule has 0 aromatic heterocycles. The third-order valence-corrected chi connectivity index (χ3v) is 4.32. The third-order valence-electron chi connectivity index (χ3n) is 4.32. The summed E-state index contributed by atoms with van der Waals surface area (Å²) in [5, 5.41) is 15.9. The molecule has 1 aliphatic carbocycles. The Bertz CT molecular complexity index is 496. The number of nitrogens with one attached hydrogen (secondary N) is 2. The number of phenols is 1. The zero-order valence-corrected chi connectivity index (χ0v) is 12.7. The first-order valence-electron chi connectivity index (χ1n) is 7.44. The number of aromatic hydroxyl groups is 1. The molecule has 0 radical (unpaired) electrons. The van der Waals surface area contributed by atoms with Crippen molar-refractivity contribution in [3.05, 3.63) is 18.2 Å². The number of phenolic OH excluding ortho intramolecular Hbond substituents is 1. The molecule has 0 saturated heterocycles. The van der Waals surface area contributed by atoms with Crippen molar-refractivity contribution in [2.75, 3.05) is 19.5 Å². The molecule has 5 heteroatoms. The van der Waals surface area contributed by atoms with Gasteiger partial charge in [-0.15, -0.1) is 0 Å². The summed E-state index contributed by atoms with van der Waals surface area (Å²) in [6, 6.07) is 4.80. The molecule has 3 N–H and O–H groups in total. The Balaban J connectivity index is 2.04. The quantitative estimate of drug-likeness (QED) is 0.730. The maximum Gasteiger partial charge on any atom is 0.226 e. The molecule has 0 unspecified atom stereocenters. The highest BCUT2D eigenvalue weighted by Crippen LogP contribution is 2.32. The molecule has 1 amide bonds. The van der Waals surface area contributed by atoms with Gasteiger partial charge in [0.05, 0.1) is 12.8 Å². The topological polar surface area (TPSA) is 70.6 Å². The fourth-order valence-corrected chi connectivity index (χ4v) is 2.99. The van der Waals surface area contributed by atoms with Gasteiger partial charge in [-0.2, -0.15) is 0 Å². The molecular weight excluding hydrogens is 268 g/mol. The first-order valence-corrected chi connectivity index (χ1v) is 7.44. The minimum Gasteiger partial charge on any atom is -0.506 e. The molecule has 1 aromatic carbocycles. The van der Waals surface area contributed by atoms with E-state index in [1.165, 1.54) is 12.5 Å². The molecule has 0 spiro atoms. The van der Waals surface area contributed by atoms with Crippen LogP contribution in [0.4, 0.5) is 5.69 Å². The smallest absolute Gasteiger partial charge is 0.226 e. The number of carbonyl (C=O) groups excluding carboxylic acids is 1. The fourth-order valence-electron chi connectivity index (χ4n) is 2.99. The zero-order valence-electron chi connectivity index (χ0n) is 12.7. The number of amides is 1. The van der Waals surface area contributed by atoms with Crippen LogP contribution in [-0.2, 0) is 4.79 Å². The van der Waals surface area contributed by atoms with Crippen molar-refractivity contribution >= 4 is 11.6 Å². The Morgan fingerprint density at radius 3 is 2.67 bits per heavy atom. The van der Waals surface area contributed by atoms with E-state index in [0.29, 0.717) is 17.9 Å². The Kier molecular flexibility index (Phi) is 5.07. The molecule has 0 atom stereocenters. The lowest BCUT2D eigenvalue weighted by Crippen LogP contribution is -2.47. The van der Waals surface area contributed by atoms with Crippen molar-refractivity contribution < 1.29 is 14.6 Å². The Labute approximate surface area is 125 Å². The lowest BCUT2D eigenvalue weighted by molar-refractivity contribution is -0.117. The minimum absolute atomic E-state index is 0.0475. The van der Waals surface area contributed by atoms with Crippen molar-refractivity contribution in [2.24, 2.45) is 0 Å². The molecule has 0 bridgehead atoms. The van der Waals surface area contributed by atoms with Gasteiger partial charge in [0, 0.05) is 18.0 Å². The van der Waals surface area contributed by atoms with Crippen LogP contribution >= 0.6 is 0 Å². The third kappa shape index (κ3) is 3.88. The van der Waals surface area contributed by atoms with Gasteiger partial charge in [0.1, 0.15) is 11.5 Å². The first kappa shape index (κ1) is 15.6. The molecule has 1 aromatic rings. The SMILES string of the molecule is CNC1(CC(=O)Nc2cc(OC)ccc2O)CCCCC1. The second-order valence-electron chi connectivity index (χ2n) is 5.70. The number of ether oxygens (including phenoxy) is 1. The van der Waals surface area contributed by atoms with Crippen molar-refractivity contribution in [3.8, 4) is 11.5 Å². The van der Waals surface area contributed by atoms with Gasteiger partial charge >= 0.3 is 0 Å². The van der Waals surface area contributed by atoms with Crippen LogP contribution in [0.15, 0.2) is 18.2 Å². The van der Waals surface area contributed by atoms with Crippen LogP contribution < -0.4 is 15.4 Å². The predicted octanol–water partition coefficient (Wildman–Crippen LogP) is 2.65. The molecule has 116 valence electrons. The standard InChI is InChI=1S/C16H24N2O3/c1-17-16(8-4-3-5-9-16)11-15(20)18-13-10-12(21-2)6-7-14(13)19/h6-7,10,17,19H,3-5,8-9,11H2,1-2H3,(H,18,20). The van der Waals surface area contributed by atoms with E-state index in [4.69, 9.17) is 4.74 Å². The second-order valence-corrected chi connectivity index (χ2v) is 5.70. The number of benzene rings is 1. The number of carbonyl (C=O) groups is 1. The molecule has 0 aliphatic heterocycles. The highest BCUT2D eigenvalue weighted by atomic mass is 16.5. The minimum atomic E-state index is -0.114. The molecule has 1 saturated carbocycles. The normalized spacial score (nSPS) is 17.2. The molecule has 1 fully saturated rings. The van der Waals surface area contributed by atoms with E-state index in [0.717, 1.165) is 25.7 Å². The van der Waals surface area contributed by atoms with E-state index in [9.17, 15) is 9.90 Å². The monoisotopic (exact) mass is 292 g/mol. The van der Waals surface area contributed by atoms with E-state index in [1.807, 2.05) is 7.05 Å². The van der Waals surface area contributed by atoms with Crippen molar-refractivity contribution in [1.29, 1.82) is 0 Å². The summed E-state index contributed by atoms with van der Waals surface area (Å²) < 4.78 is 5.11. The predicted molar refractivity (Wildman–Crippen MR) is 82.8 cm³/mol. The van der Waals surface area contributed by atoms with Crippen LogP contribution in [0, 0.1) is 0 Å². The van der Waals surface area contributed by atoms with Crippen molar-refractivity contribution in [3.63, 3.8) is 0 Å². The van der Waals surface area contributed by atoms with E-state index in [2.05, 4.69) is 10.6 Å². The number of hydrogen-bond donors (Lipinski definition) is 3. The average molecular weight is 292 g/mol. The van der Waals surface area contributed by atoms with Crippen molar-refractivity contribution in [1.82, 2.24) is 5.32 Å². The van der Waals surface area contributed by atoms with Crippen molar-refractivity contribution in [2.45, 2.75) is 44.1 Å². The van der Waals surface area contributed by atoms with Crippen LogP contribution in [0.25, 0.3) is 0 Å². The molecule has 21 heavy (non-hydrogen) atoms. The Morgan fingerprint density at radius 2 is 2.05 bits per heavy atom.